The summed E-state index contributed by atoms with van der Waals surface area (Å²) in [5.74, 6) is 0. The smallest absolute Gasteiger partial charge is 0.404 e. The van der Waals surface area contributed by atoms with Crippen LogP contribution >= 0.6 is 0 Å². The van der Waals surface area contributed by atoms with Crippen LogP contribution in [0.4, 0.5) is 4.79 Å². The molecule has 2 N–H and O–H groups in total. The van der Waals surface area contributed by atoms with Crippen molar-refractivity contribution in [3.8, 4) is 0 Å². The summed E-state index contributed by atoms with van der Waals surface area (Å²) in [7, 11) is 2.16. The van der Waals surface area contributed by atoms with Crippen molar-refractivity contribution in [2.45, 2.75) is 43.9 Å². The molecular formula is C9H16N2O2. The first-order chi connectivity index (χ1) is 6.16. The van der Waals surface area contributed by atoms with Crippen LogP contribution in [0, 0.1) is 0 Å². The van der Waals surface area contributed by atoms with Gasteiger partial charge >= 0.3 is 6.09 Å². The second kappa shape index (κ2) is 3.18. The van der Waals surface area contributed by atoms with E-state index >= 15 is 0 Å². The molecule has 3 atom stereocenters. The number of amides is 1. The number of carbonyl (C=O) groups excluding carboxylic acids is 1. The molecule has 2 bridgehead atoms. The zero-order valence-corrected chi connectivity index (χ0v) is 7.90. The molecule has 0 aliphatic carbocycles. The van der Waals surface area contributed by atoms with Gasteiger partial charge in [-0.25, -0.2) is 4.79 Å². The van der Waals surface area contributed by atoms with Gasteiger partial charge in [0.15, 0.2) is 0 Å². The van der Waals surface area contributed by atoms with Gasteiger partial charge in [0.05, 0.1) is 0 Å². The summed E-state index contributed by atoms with van der Waals surface area (Å²) in [6, 6.07) is 1.20. The van der Waals surface area contributed by atoms with E-state index in [-0.39, 0.29) is 6.10 Å². The SMILES string of the molecule is CN1[C@@H]2CC[C@H]1CC(OC(N)=O)C2. The Morgan fingerprint density at radius 1 is 1.38 bits per heavy atom. The first kappa shape index (κ1) is 8.81. The minimum absolute atomic E-state index is 0.0613. The van der Waals surface area contributed by atoms with Crippen molar-refractivity contribution in [3.05, 3.63) is 0 Å². The van der Waals surface area contributed by atoms with Crippen molar-refractivity contribution < 1.29 is 9.53 Å². The summed E-state index contributed by atoms with van der Waals surface area (Å²) < 4.78 is 5.03. The van der Waals surface area contributed by atoms with E-state index in [1.807, 2.05) is 0 Å². The Labute approximate surface area is 78.0 Å². The van der Waals surface area contributed by atoms with E-state index in [1.165, 1.54) is 12.8 Å². The molecule has 2 fully saturated rings. The largest absolute Gasteiger partial charge is 0.446 e. The number of hydrogen-bond acceptors (Lipinski definition) is 3. The summed E-state index contributed by atoms with van der Waals surface area (Å²) in [6.07, 6.45) is 3.81. The maximum atomic E-state index is 10.6. The Kier molecular flexibility index (Phi) is 2.15. The zero-order chi connectivity index (χ0) is 9.42. The molecule has 1 amide bonds. The summed E-state index contributed by atoms with van der Waals surface area (Å²) in [5, 5.41) is 0. The molecule has 74 valence electrons. The number of nitrogens with zero attached hydrogens (tertiary/aromatic N) is 1. The normalized spacial score (nSPS) is 39.0. The molecule has 0 aromatic rings. The van der Waals surface area contributed by atoms with E-state index in [2.05, 4.69) is 11.9 Å². The summed E-state index contributed by atoms with van der Waals surface area (Å²) in [5.41, 5.74) is 4.99. The summed E-state index contributed by atoms with van der Waals surface area (Å²) >= 11 is 0. The van der Waals surface area contributed by atoms with Crippen LogP contribution in [-0.4, -0.2) is 36.2 Å². The second-order valence-corrected chi connectivity index (χ2v) is 4.08. The van der Waals surface area contributed by atoms with E-state index in [0.29, 0.717) is 12.1 Å². The van der Waals surface area contributed by atoms with Gasteiger partial charge in [-0.3, -0.25) is 0 Å². The van der Waals surface area contributed by atoms with Gasteiger partial charge in [-0.1, -0.05) is 0 Å². The van der Waals surface area contributed by atoms with E-state index < -0.39 is 6.09 Å². The summed E-state index contributed by atoms with van der Waals surface area (Å²) in [4.78, 5) is 13.0. The third kappa shape index (κ3) is 1.63. The Hall–Kier alpha value is -0.770. The monoisotopic (exact) mass is 184 g/mol. The fourth-order valence-electron chi connectivity index (χ4n) is 2.62. The molecule has 0 aromatic carbocycles. The van der Waals surface area contributed by atoms with E-state index in [4.69, 9.17) is 10.5 Å². The lowest BCUT2D eigenvalue weighted by molar-refractivity contribution is 0.0327. The van der Waals surface area contributed by atoms with E-state index in [0.717, 1.165) is 12.8 Å². The highest BCUT2D eigenvalue weighted by atomic mass is 16.6. The molecule has 2 saturated heterocycles. The molecular weight excluding hydrogens is 168 g/mol. The number of fused-ring (bicyclic) bond motifs is 2. The molecule has 4 nitrogen and oxygen atoms in total. The lowest BCUT2D eigenvalue weighted by Gasteiger charge is -2.35. The second-order valence-electron chi connectivity index (χ2n) is 4.08. The summed E-state index contributed by atoms with van der Waals surface area (Å²) in [6.45, 7) is 0. The first-order valence-electron chi connectivity index (χ1n) is 4.85. The molecule has 13 heavy (non-hydrogen) atoms. The van der Waals surface area contributed by atoms with Gasteiger partial charge in [-0.15, -0.1) is 0 Å². The molecule has 4 heteroatoms. The topological polar surface area (TPSA) is 55.6 Å². The van der Waals surface area contributed by atoms with Gasteiger partial charge in [0.25, 0.3) is 0 Å². The van der Waals surface area contributed by atoms with Crippen LogP contribution in [0.5, 0.6) is 0 Å². The first-order valence-corrected chi connectivity index (χ1v) is 4.85. The van der Waals surface area contributed by atoms with Gasteiger partial charge in [-0.05, 0) is 19.9 Å². The standard InChI is InChI=1S/C9H16N2O2/c1-11-6-2-3-7(11)5-8(4-6)13-9(10)12/h6-8H,2-5H2,1H3,(H2,10,12)/t6-,7+,8?. The molecule has 0 saturated carbocycles. The number of carbonyl (C=O) groups is 1. The quantitative estimate of drug-likeness (QED) is 0.653. The van der Waals surface area contributed by atoms with Crippen LogP contribution in [0.15, 0.2) is 0 Å². The predicted octanol–water partition coefficient (Wildman–Crippen LogP) is 0.707. The molecule has 1 unspecified atom stereocenters. The average Bonchev–Trinajstić information content (AvgIpc) is 2.33. The van der Waals surface area contributed by atoms with Gasteiger partial charge in [0.2, 0.25) is 0 Å². The maximum absolute atomic E-state index is 10.6. The number of hydrogen-bond donors (Lipinski definition) is 1. The molecule has 2 aliphatic rings. The van der Waals surface area contributed by atoms with E-state index in [1.54, 1.807) is 0 Å². The molecule has 0 spiro atoms. The van der Waals surface area contributed by atoms with E-state index in [9.17, 15) is 4.79 Å². The maximum Gasteiger partial charge on any atom is 0.404 e. The lowest BCUT2D eigenvalue weighted by atomic mass is 10.0. The van der Waals surface area contributed by atoms with Crippen LogP contribution < -0.4 is 5.73 Å². The Morgan fingerprint density at radius 3 is 2.38 bits per heavy atom. The highest BCUT2D eigenvalue weighted by molar-refractivity contribution is 5.64. The van der Waals surface area contributed by atoms with Crippen LogP contribution in [-0.2, 0) is 4.74 Å². The van der Waals surface area contributed by atoms with Crippen molar-refractivity contribution >= 4 is 6.09 Å². The highest BCUT2D eigenvalue weighted by Crippen LogP contribution is 2.35. The highest BCUT2D eigenvalue weighted by Gasteiger charge is 2.39. The third-order valence-corrected chi connectivity index (χ3v) is 3.34. The minimum atomic E-state index is -0.631. The number of piperidine rings is 1. The number of ether oxygens (including phenoxy) is 1. The van der Waals surface area contributed by atoms with Crippen molar-refractivity contribution in [2.24, 2.45) is 5.73 Å². The molecule has 2 heterocycles. The fourth-order valence-corrected chi connectivity index (χ4v) is 2.62. The Balaban J connectivity index is 1.95. The van der Waals surface area contributed by atoms with Crippen molar-refractivity contribution in [3.63, 3.8) is 0 Å². The number of nitrogens with two attached hydrogens (primary N) is 1. The lowest BCUT2D eigenvalue weighted by Crippen LogP contribution is -2.43. The Morgan fingerprint density at radius 2 is 1.92 bits per heavy atom. The number of rotatable bonds is 1. The fraction of sp³-hybridized carbons (Fsp3) is 0.889. The predicted molar refractivity (Wildman–Crippen MR) is 48.3 cm³/mol. The Bertz CT molecular complexity index is 206. The molecule has 0 aromatic heterocycles. The minimum Gasteiger partial charge on any atom is -0.446 e. The van der Waals surface area contributed by atoms with Gasteiger partial charge < -0.3 is 15.4 Å². The molecule has 0 radical (unpaired) electrons. The van der Waals surface area contributed by atoms with Crippen LogP contribution in [0.3, 0.4) is 0 Å². The van der Waals surface area contributed by atoms with Gasteiger partial charge in [0, 0.05) is 24.9 Å². The van der Waals surface area contributed by atoms with Crippen LogP contribution in [0.1, 0.15) is 25.7 Å². The number of primary amides is 1. The van der Waals surface area contributed by atoms with Crippen LogP contribution in [0.2, 0.25) is 0 Å². The van der Waals surface area contributed by atoms with Gasteiger partial charge in [0.1, 0.15) is 6.10 Å². The van der Waals surface area contributed by atoms with Crippen molar-refractivity contribution in [1.82, 2.24) is 4.90 Å². The zero-order valence-electron chi connectivity index (χ0n) is 7.90. The molecule has 2 rings (SSSR count). The van der Waals surface area contributed by atoms with Crippen molar-refractivity contribution in [2.75, 3.05) is 7.05 Å². The third-order valence-electron chi connectivity index (χ3n) is 3.34. The van der Waals surface area contributed by atoms with Gasteiger partial charge in [-0.2, -0.15) is 0 Å². The van der Waals surface area contributed by atoms with Crippen LogP contribution in [0.25, 0.3) is 0 Å². The molecule has 2 aliphatic heterocycles. The average molecular weight is 184 g/mol. The van der Waals surface area contributed by atoms with Crippen molar-refractivity contribution in [1.29, 1.82) is 0 Å².